The Bertz CT molecular complexity index is 261. The van der Waals surface area contributed by atoms with Crippen molar-refractivity contribution in [2.24, 2.45) is 11.8 Å². The number of aliphatic hydroxyl groups is 1. The van der Waals surface area contributed by atoms with Crippen LogP contribution >= 0.6 is 0 Å². The van der Waals surface area contributed by atoms with Crippen LogP contribution in [0.4, 0.5) is 0 Å². The van der Waals surface area contributed by atoms with Gasteiger partial charge in [-0.15, -0.1) is 0 Å². The van der Waals surface area contributed by atoms with E-state index in [-0.39, 0.29) is 11.7 Å². The third-order valence-electron chi connectivity index (χ3n) is 3.15. The van der Waals surface area contributed by atoms with Gasteiger partial charge in [-0.25, -0.2) is 0 Å². The van der Waals surface area contributed by atoms with Gasteiger partial charge in [0.2, 0.25) is 0 Å². The summed E-state index contributed by atoms with van der Waals surface area (Å²) in [6, 6.07) is 0. The Balaban J connectivity index is 2.11. The number of ketones is 1. The van der Waals surface area contributed by atoms with Gasteiger partial charge in [-0.1, -0.05) is 6.92 Å². The smallest absolute Gasteiger partial charge is 0.162 e. The first-order valence-corrected chi connectivity index (χ1v) is 5.17. The standard InChI is InChI=1S/C11H16O2/c1-2-8-6-10(12)9(11(8)13)5-7-3-4-7/h7-8,13H,2-6H2,1H3. The molecule has 0 amide bonds. The maximum absolute atomic E-state index is 11.5. The van der Waals surface area contributed by atoms with Crippen molar-refractivity contribution in [3.63, 3.8) is 0 Å². The van der Waals surface area contributed by atoms with Crippen LogP contribution in [0.15, 0.2) is 11.3 Å². The van der Waals surface area contributed by atoms with Gasteiger partial charge in [0.1, 0.15) is 5.76 Å². The highest BCUT2D eigenvalue weighted by Gasteiger charge is 2.34. The van der Waals surface area contributed by atoms with Crippen molar-refractivity contribution in [1.29, 1.82) is 0 Å². The zero-order chi connectivity index (χ0) is 9.42. The highest BCUT2D eigenvalue weighted by Crippen LogP contribution is 2.40. The second-order valence-electron chi connectivity index (χ2n) is 4.24. The lowest BCUT2D eigenvalue weighted by Crippen LogP contribution is -1.98. The number of hydrogen-bond donors (Lipinski definition) is 1. The molecule has 0 aromatic heterocycles. The molecule has 2 heteroatoms. The van der Waals surface area contributed by atoms with Gasteiger partial charge in [0.05, 0.1) is 0 Å². The van der Waals surface area contributed by atoms with Crippen LogP contribution in [0.5, 0.6) is 0 Å². The molecule has 1 N–H and O–H groups in total. The topological polar surface area (TPSA) is 37.3 Å². The van der Waals surface area contributed by atoms with Gasteiger partial charge >= 0.3 is 0 Å². The van der Waals surface area contributed by atoms with E-state index in [1.54, 1.807) is 0 Å². The van der Waals surface area contributed by atoms with Crippen LogP contribution in [-0.4, -0.2) is 10.9 Å². The molecule has 0 aliphatic heterocycles. The Morgan fingerprint density at radius 3 is 2.62 bits per heavy atom. The van der Waals surface area contributed by atoms with Gasteiger partial charge in [0.25, 0.3) is 0 Å². The molecule has 13 heavy (non-hydrogen) atoms. The number of rotatable bonds is 3. The van der Waals surface area contributed by atoms with Gasteiger partial charge in [-0.2, -0.15) is 0 Å². The Morgan fingerprint density at radius 1 is 1.46 bits per heavy atom. The lowest BCUT2D eigenvalue weighted by molar-refractivity contribution is -0.115. The quantitative estimate of drug-likeness (QED) is 0.724. The zero-order valence-electron chi connectivity index (χ0n) is 8.05. The summed E-state index contributed by atoms with van der Waals surface area (Å²) in [5.41, 5.74) is 0.745. The van der Waals surface area contributed by atoms with Crippen LogP contribution in [-0.2, 0) is 4.79 Å². The van der Waals surface area contributed by atoms with Crippen LogP contribution in [0.1, 0.15) is 39.0 Å². The van der Waals surface area contributed by atoms with Crippen molar-refractivity contribution < 1.29 is 9.90 Å². The van der Waals surface area contributed by atoms with Gasteiger partial charge in [-0.3, -0.25) is 4.79 Å². The number of carbonyl (C=O) groups is 1. The number of carbonyl (C=O) groups excluding carboxylic acids is 1. The summed E-state index contributed by atoms with van der Waals surface area (Å²) in [5, 5.41) is 9.75. The van der Waals surface area contributed by atoms with E-state index in [9.17, 15) is 9.90 Å². The van der Waals surface area contributed by atoms with Gasteiger partial charge in [0, 0.05) is 17.9 Å². The molecule has 2 aliphatic rings. The van der Waals surface area contributed by atoms with Crippen LogP contribution in [0.3, 0.4) is 0 Å². The molecule has 1 unspecified atom stereocenters. The van der Waals surface area contributed by atoms with E-state index in [0.29, 0.717) is 18.1 Å². The van der Waals surface area contributed by atoms with Crippen LogP contribution in [0, 0.1) is 11.8 Å². The van der Waals surface area contributed by atoms with E-state index >= 15 is 0 Å². The Labute approximate surface area is 78.6 Å². The second-order valence-corrected chi connectivity index (χ2v) is 4.24. The average molecular weight is 180 g/mol. The Hall–Kier alpha value is -0.790. The second kappa shape index (κ2) is 3.17. The van der Waals surface area contributed by atoms with Gasteiger partial charge in [0.15, 0.2) is 5.78 Å². The van der Waals surface area contributed by atoms with E-state index in [2.05, 4.69) is 0 Å². The summed E-state index contributed by atoms with van der Waals surface area (Å²) in [6.07, 6.45) is 4.74. The van der Waals surface area contributed by atoms with Crippen LogP contribution < -0.4 is 0 Å². The van der Waals surface area contributed by atoms with Crippen molar-refractivity contribution in [2.45, 2.75) is 39.0 Å². The average Bonchev–Trinajstić information content (AvgIpc) is 2.87. The fourth-order valence-corrected chi connectivity index (χ4v) is 2.00. The van der Waals surface area contributed by atoms with E-state index in [1.165, 1.54) is 12.8 Å². The molecule has 0 bridgehead atoms. The minimum Gasteiger partial charge on any atom is -0.512 e. The summed E-state index contributed by atoms with van der Waals surface area (Å²) in [5.74, 6) is 1.41. The number of Topliss-reactive ketones (excluding diaryl/α,β-unsaturated/α-hetero) is 1. The van der Waals surface area contributed by atoms with E-state index in [1.807, 2.05) is 6.92 Å². The van der Waals surface area contributed by atoms with E-state index in [0.717, 1.165) is 18.4 Å². The number of allylic oxidation sites excluding steroid dienone is 2. The first-order chi connectivity index (χ1) is 6.22. The Morgan fingerprint density at radius 2 is 2.15 bits per heavy atom. The molecule has 0 saturated heterocycles. The first kappa shape index (κ1) is 8.79. The predicted molar refractivity (Wildman–Crippen MR) is 50.4 cm³/mol. The molecule has 1 saturated carbocycles. The zero-order valence-corrected chi connectivity index (χ0v) is 8.05. The third kappa shape index (κ3) is 1.62. The highest BCUT2D eigenvalue weighted by atomic mass is 16.3. The minimum absolute atomic E-state index is 0.126. The molecule has 0 spiro atoms. The SMILES string of the molecule is CCC1CC(=O)C(CC2CC2)=C1O. The summed E-state index contributed by atoms with van der Waals surface area (Å²) in [6.45, 7) is 2.02. The molecular weight excluding hydrogens is 164 g/mol. The Kier molecular flexibility index (Phi) is 2.14. The summed E-state index contributed by atoms with van der Waals surface area (Å²) < 4.78 is 0. The third-order valence-corrected chi connectivity index (χ3v) is 3.15. The minimum atomic E-state index is 0.126. The molecule has 0 aromatic rings. The molecule has 2 rings (SSSR count). The molecule has 72 valence electrons. The molecule has 0 radical (unpaired) electrons. The normalized spacial score (nSPS) is 28.7. The van der Waals surface area contributed by atoms with Crippen LogP contribution in [0.2, 0.25) is 0 Å². The van der Waals surface area contributed by atoms with Gasteiger partial charge < -0.3 is 5.11 Å². The molecule has 0 aromatic carbocycles. The number of hydrogen-bond acceptors (Lipinski definition) is 2. The molecule has 2 nitrogen and oxygen atoms in total. The fraction of sp³-hybridized carbons (Fsp3) is 0.727. The highest BCUT2D eigenvalue weighted by molar-refractivity contribution is 5.98. The van der Waals surface area contributed by atoms with Crippen molar-refractivity contribution in [1.82, 2.24) is 0 Å². The van der Waals surface area contributed by atoms with Crippen molar-refractivity contribution >= 4 is 5.78 Å². The summed E-state index contributed by atoms with van der Waals surface area (Å²) >= 11 is 0. The molecule has 1 atom stereocenters. The molecular formula is C11H16O2. The lowest BCUT2D eigenvalue weighted by atomic mass is 10.1. The summed E-state index contributed by atoms with van der Waals surface area (Å²) in [7, 11) is 0. The largest absolute Gasteiger partial charge is 0.512 e. The maximum Gasteiger partial charge on any atom is 0.162 e. The predicted octanol–water partition coefficient (Wildman–Crippen LogP) is 2.60. The van der Waals surface area contributed by atoms with Crippen LogP contribution in [0.25, 0.3) is 0 Å². The maximum atomic E-state index is 11.5. The van der Waals surface area contributed by atoms with Crippen molar-refractivity contribution in [3.05, 3.63) is 11.3 Å². The van der Waals surface area contributed by atoms with E-state index in [4.69, 9.17) is 0 Å². The lowest BCUT2D eigenvalue weighted by Gasteiger charge is -2.04. The van der Waals surface area contributed by atoms with Crippen molar-refractivity contribution in [3.8, 4) is 0 Å². The fourth-order valence-electron chi connectivity index (χ4n) is 2.00. The first-order valence-electron chi connectivity index (χ1n) is 5.17. The van der Waals surface area contributed by atoms with Crippen molar-refractivity contribution in [2.75, 3.05) is 0 Å². The molecule has 2 aliphatic carbocycles. The molecule has 0 heterocycles. The van der Waals surface area contributed by atoms with E-state index < -0.39 is 0 Å². The monoisotopic (exact) mass is 180 g/mol. The number of aliphatic hydroxyl groups excluding tert-OH is 1. The molecule has 1 fully saturated rings. The van der Waals surface area contributed by atoms with Gasteiger partial charge in [-0.05, 0) is 31.6 Å². The summed E-state index contributed by atoms with van der Waals surface area (Å²) in [4.78, 5) is 11.5.